The zero-order valence-electron chi connectivity index (χ0n) is 7.29. The van der Waals surface area contributed by atoms with Gasteiger partial charge in [0.1, 0.15) is 0 Å². The lowest BCUT2D eigenvalue weighted by atomic mass is 10.1. The standard InChI is InChI=1S/C11H11NO/c13-11-10(6-7-12-11)8-9-4-2-1-3-5-9/h1-5,8H,6-7H2,(H,12,13)/b10-8-. The van der Waals surface area contributed by atoms with Crippen molar-refractivity contribution in [3.63, 3.8) is 0 Å². The van der Waals surface area contributed by atoms with E-state index < -0.39 is 0 Å². The molecular formula is C11H11NO. The molecular weight excluding hydrogens is 162 g/mol. The van der Waals surface area contributed by atoms with E-state index in [2.05, 4.69) is 5.32 Å². The second kappa shape index (κ2) is 3.44. The second-order valence-electron chi connectivity index (χ2n) is 3.09. The van der Waals surface area contributed by atoms with Crippen LogP contribution < -0.4 is 5.32 Å². The molecule has 0 spiro atoms. The number of hydrogen-bond acceptors (Lipinski definition) is 1. The van der Waals surface area contributed by atoms with E-state index in [9.17, 15) is 4.79 Å². The Labute approximate surface area is 77.3 Å². The molecule has 2 heteroatoms. The lowest BCUT2D eigenvalue weighted by molar-refractivity contribution is -0.116. The van der Waals surface area contributed by atoms with Gasteiger partial charge in [-0.1, -0.05) is 30.3 Å². The number of nitrogens with one attached hydrogen (secondary N) is 1. The minimum Gasteiger partial charge on any atom is -0.352 e. The number of amides is 1. The first kappa shape index (κ1) is 8.05. The quantitative estimate of drug-likeness (QED) is 0.642. The van der Waals surface area contributed by atoms with Crippen LogP contribution in [0.15, 0.2) is 35.9 Å². The number of carbonyl (C=O) groups is 1. The van der Waals surface area contributed by atoms with E-state index in [0.717, 1.165) is 24.1 Å². The van der Waals surface area contributed by atoms with Gasteiger partial charge in [-0.3, -0.25) is 4.79 Å². The normalized spacial score (nSPS) is 19.1. The second-order valence-corrected chi connectivity index (χ2v) is 3.09. The van der Waals surface area contributed by atoms with Crippen molar-refractivity contribution in [1.29, 1.82) is 0 Å². The fourth-order valence-electron chi connectivity index (χ4n) is 1.43. The summed E-state index contributed by atoms with van der Waals surface area (Å²) in [6.45, 7) is 0.775. The summed E-state index contributed by atoms with van der Waals surface area (Å²) in [6.07, 6.45) is 2.79. The van der Waals surface area contributed by atoms with Crippen LogP contribution in [-0.2, 0) is 4.79 Å². The zero-order chi connectivity index (χ0) is 9.10. The van der Waals surface area contributed by atoms with Gasteiger partial charge in [0.25, 0.3) is 0 Å². The van der Waals surface area contributed by atoms with E-state index in [4.69, 9.17) is 0 Å². The van der Waals surface area contributed by atoms with E-state index in [1.54, 1.807) is 0 Å². The summed E-state index contributed by atoms with van der Waals surface area (Å²) < 4.78 is 0. The van der Waals surface area contributed by atoms with Crippen LogP contribution in [0.25, 0.3) is 6.08 Å². The summed E-state index contributed by atoms with van der Waals surface area (Å²) in [6, 6.07) is 9.91. The van der Waals surface area contributed by atoms with Crippen molar-refractivity contribution in [1.82, 2.24) is 5.32 Å². The van der Waals surface area contributed by atoms with Crippen LogP contribution in [0.3, 0.4) is 0 Å². The van der Waals surface area contributed by atoms with Gasteiger partial charge in [-0.05, 0) is 18.1 Å². The third-order valence-corrected chi connectivity index (χ3v) is 2.11. The molecule has 1 N–H and O–H groups in total. The van der Waals surface area contributed by atoms with Crippen LogP contribution in [0.5, 0.6) is 0 Å². The van der Waals surface area contributed by atoms with Gasteiger partial charge in [0.05, 0.1) is 0 Å². The monoisotopic (exact) mass is 173 g/mol. The zero-order valence-corrected chi connectivity index (χ0v) is 7.29. The molecule has 0 unspecified atom stereocenters. The Hall–Kier alpha value is -1.57. The SMILES string of the molecule is O=C1NCC/C1=C/c1ccccc1. The summed E-state index contributed by atoms with van der Waals surface area (Å²) in [5.41, 5.74) is 1.97. The van der Waals surface area contributed by atoms with E-state index in [1.807, 2.05) is 36.4 Å². The van der Waals surface area contributed by atoms with E-state index in [-0.39, 0.29) is 5.91 Å². The molecule has 1 aromatic rings. The summed E-state index contributed by atoms with van der Waals surface area (Å²) in [7, 11) is 0. The molecule has 0 radical (unpaired) electrons. The maximum atomic E-state index is 11.2. The van der Waals surface area contributed by atoms with Crippen molar-refractivity contribution in [2.75, 3.05) is 6.54 Å². The van der Waals surface area contributed by atoms with Crippen molar-refractivity contribution in [3.05, 3.63) is 41.5 Å². The average Bonchev–Trinajstić information content (AvgIpc) is 2.54. The van der Waals surface area contributed by atoms with Crippen LogP contribution in [0.1, 0.15) is 12.0 Å². The molecule has 1 heterocycles. The van der Waals surface area contributed by atoms with Crippen molar-refractivity contribution < 1.29 is 4.79 Å². The molecule has 0 bridgehead atoms. The third-order valence-electron chi connectivity index (χ3n) is 2.11. The topological polar surface area (TPSA) is 29.1 Å². The first-order valence-electron chi connectivity index (χ1n) is 4.40. The van der Waals surface area contributed by atoms with Crippen LogP contribution in [0.2, 0.25) is 0 Å². The molecule has 2 rings (SSSR count). The lowest BCUT2D eigenvalue weighted by Crippen LogP contribution is -2.13. The van der Waals surface area contributed by atoms with Gasteiger partial charge in [0.2, 0.25) is 5.91 Å². The molecule has 0 saturated carbocycles. The highest BCUT2D eigenvalue weighted by atomic mass is 16.1. The predicted molar refractivity (Wildman–Crippen MR) is 52.0 cm³/mol. The van der Waals surface area contributed by atoms with E-state index >= 15 is 0 Å². The Morgan fingerprint density at radius 2 is 2.00 bits per heavy atom. The number of carbonyl (C=O) groups excluding carboxylic acids is 1. The van der Waals surface area contributed by atoms with Gasteiger partial charge in [0, 0.05) is 12.1 Å². The molecule has 1 amide bonds. The molecule has 66 valence electrons. The third kappa shape index (κ3) is 1.78. The fraction of sp³-hybridized carbons (Fsp3) is 0.182. The van der Waals surface area contributed by atoms with Crippen LogP contribution in [0, 0.1) is 0 Å². The molecule has 2 nitrogen and oxygen atoms in total. The first-order valence-corrected chi connectivity index (χ1v) is 4.40. The Bertz CT molecular complexity index is 340. The van der Waals surface area contributed by atoms with Gasteiger partial charge in [0.15, 0.2) is 0 Å². The highest BCUT2D eigenvalue weighted by Crippen LogP contribution is 2.12. The molecule has 1 saturated heterocycles. The highest BCUT2D eigenvalue weighted by Gasteiger charge is 2.15. The summed E-state index contributed by atoms with van der Waals surface area (Å²) in [5, 5.41) is 2.78. The summed E-state index contributed by atoms with van der Waals surface area (Å²) in [4.78, 5) is 11.2. The molecule has 1 aromatic carbocycles. The minimum atomic E-state index is 0.0730. The van der Waals surface area contributed by atoms with Crippen molar-refractivity contribution in [3.8, 4) is 0 Å². The largest absolute Gasteiger partial charge is 0.352 e. The molecule has 0 aromatic heterocycles. The molecule has 13 heavy (non-hydrogen) atoms. The number of hydrogen-bond donors (Lipinski definition) is 1. The smallest absolute Gasteiger partial charge is 0.247 e. The van der Waals surface area contributed by atoms with Gasteiger partial charge < -0.3 is 5.32 Å². The van der Waals surface area contributed by atoms with Crippen molar-refractivity contribution in [2.24, 2.45) is 0 Å². The van der Waals surface area contributed by atoms with Gasteiger partial charge >= 0.3 is 0 Å². The average molecular weight is 173 g/mol. The van der Waals surface area contributed by atoms with Gasteiger partial charge in [-0.2, -0.15) is 0 Å². The van der Waals surface area contributed by atoms with Crippen LogP contribution in [-0.4, -0.2) is 12.5 Å². The first-order chi connectivity index (χ1) is 6.36. The maximum Gasteiger partial charge on any atom is 0.247 e. The van der Waals surface area contributed by atoms with E-state index in [1.165, 1.54) is 0 Å². The summed E-state index contributed by atoms with van der Waals surface area (Å²) >= 11 is 0. The molecule has 0 atom stereocenters. The lowest BCUT2D eigenvalue weighted by Gasteiger charge is -1.94. The Morgan fingerprint density at radius 1 is 1.23 bits per heavy atom. The fourth-order valence-corrected chi connectivity index (χ4v) is 1.43. The maximum absolute atomic E-state index is 11.2. The molecule has 1 fully saturated rings. The van der Waals surface area contributed by atoms with E-state index in [0.29, 0.717) is 0 Å². The molecule has 0 aliphatic carbocycles. The number of benzene rings is 1. The molecule has 1 aliphatic heterocycles. The summed E-state index contributed by atoms with van der Waals surface area (Å²) in [5.74, 6) is 0.0730. The molecule has 1 aliphatic rings. The van der Waals surface area contributed by atoms with Crippen molar-refractivity contribution >= 4 is 12.0 Å². The van der Waals surface area contributed by atoms with Crippen LogP contribution >= 0.6 is 0 Å². The minimum absolute atomic E-state index is 0.0730. The predicted octanol–water partition coefficient (Wildman–Crippen LogP) is 1.59. The Balaban J connectivity index is 2.25. The van der Waals surface area contributed by atoms with Crippen molar-refractivity contribution in [2.45, 2.75) is 6.42 Å². The Morgan fingerprint density at radius 3 is 2.62 bits per heavy atom. The Kier molecular flexibility index (Phi) is 2.13. The highest BCUT2D eigenvalue weighted by molar-refractivity contribution is 5.99. The van der Waals surface area contributed by atoms with Gasteiger partial charge in [-0.15, -0.1) is 0 Å². The van der Waals surface area contributed by atoms with Crippen LogP contribution in [0.4, 0.5) is 0 Å². The van der Waals surface area contributed by atoms with Gasteiger partial charge in [-0.25, -0.2) is 0 Å². The number of rotatable bonds is 1.